The normalized spacial score (nSPS) is 12.7. The maximum absolute atomic E-state index is 12.4. The van der Waals surface area contributed by atoms with E-state index in [1.165, 1.54) is 22.1 Å². The molecule has 134 valence electrons. The second-order valence-electron chi connectivity index (χ2n) is 6.31. The minimum Gasteiger partial charge on any atom is -0.309 e. The first-order valence-electron chi connectivity index (χ1n) is 8.51. The zero-order valence-corrected chi connectivity index (χ0v) is 15.5. The highest BCUT2D eigenvalue weighted by Gasteiger charge is 2.11. The van der Waals surface area contributed by atoms with Gasteiger partial charge in [0.1, 0.15) is 9.84 Å². The first-order valence-corrected chi connectivity index (χ1v) is 10.1. The monoisotopic (exact) mass is 364 g/mol. The summed E-state index contributed by atoms with van der Waals surface area (Å²) in [7, 11) is -3.47. The van der Waals surface area contributed by atoms with Crippen LogP contribution < -0.4 is 5.32 Å². The van der Waals surface area contributed by atoms with Gasteiger partial charge in [-0.2, -0.15) is 5.57 Å². The van der Waals surface area contributed by atoms with Gasteiger partial charge in [-0.05, 0) is 41.9 Å². The Hall–Kier alpha value is -2.56. The van der Waals surface area contributed by atoms with Gasteiger partial charge in [0.15, 0.2) is 0 Å². The number of nitrogens with one attached hydrogen (secondary N) is 1. The number of sulfone groups is 1. The second kappa shape index (κ2) is 7.77. The zero-order chi connectivity index (χ0) is 18.6. The molecule has 0 unspecified atom stereocenters. The molecule has 0 amide bonds. The van der Waals surface area contributed by atoms with Crippen LogP contribution >= 0.6 is 0 Å². The minimum absolute atomic E-state index is 0.0747. The lowest BCUT2D eigenvalue weighted by Gasteiger charge is -2.20. The van der Waals surface area contributed by atoms with E-state index >= 15 is 0 Å². The zero-order valence-electron chi connectivity index (χ0n) is 14.7. The van der Waals surface area contributed by atoms with Crippen LogP contribution in [0.2, 0.25) is 0 Å². The molecule has 0 heterocycles. The van der Waals surface area contributed by atoms with E-state index in [9.17, 15) is 8.42 Å². The number of benzene rings is 3. The SMILES string of the molecule is C=C([CH-]S(=O)(=O)c1ccccc1)CN[C@@H](C)c1cccc2ccccc12. The molecule has 4 heteroatoms. The average molecular weight is 364 g/mol. The molecule has 0 fully saturated rings. The molecule has 3 aromatic carbocycles. The molecule has 0 bridgehead atoms. The largest absolute Gasteiger partial charge is 0.309 e. The Morgan fingerprint density at radius 1 is 1.00 bits per heavy atom. The van der Waals surface area contributed by atoms with Crippen molar-refractivity contribution in [2.45, 2.75) is 17.9 Å². The highest BCUT2D eigenvalue weighted by molar-refractivity contribution is 7.93. The van der Waals surface area contributed by atoms with Crippen molar-refractivity contribution in [3.8, 4) is 0 Å². The molecule has 0 saturated carbocycles. The molecule has 1 atom stereocenters. The molecule has 0 aromatic heterocycles. The summed E-state index contributed by atoms with van der Waals surface area (Å²) in [6.07, 6.45) is 0. The molecule has 3 nitrogen and oxygen atoms in total. The summed E-state index contributed by atoms with van der Waals surface area (Å²) in [6.45, 7) is 6.37. The van der Waals surface area contributed by atoms with Crippen LogP contribution in [0.5, 0.6) is 0 Å². The summed E-state index contributed by atoms with van der Waals surface area (Å²) in [4.78, 5) is 0.281. The van der Waals surface area contributed by atoms with E-state index in [-0.39, 0.29) is 10.9 Å². The molecule has 0 aliphatic rings. The van der Waals surface area contributed by atoms with Gasteiger partial charge >= 0.3 is 0 Å². The summed E-state index contributed by atoms with van der Waals surface area (Å²) in [5.74, 6) is 1.24. The molecule has 0 spiro atoms. The Balaban J connectivity index is 1.66. The Labute approximate surface area is 155 Å². The average Bonchev–Trinajstić information content (AvgIpc) is 2.66. The Morgan fingerprint density at radius 2 is 1.65 bits per heavy atom. The van der Waals surface area contributed by atoms with Crippen molar-refractivity contribution in [2.75, 3.05) is 6.54 Å². The van der Waals surface area contributed by atoms with Gasteiger partial charge in [0.25, 0.3) is 0 Å². The van der Waals surface area contributed by atoms with E-state index in [1.807, 2.05) is 18.2 Å². The molecular weight excluding hydrogens is 342 g/mol. The Morgan fingerprint density at radius 3 is 2.42 bits per heavy atom. The summed E-state index contributed by atoms with van der Waals surface area (Å²) in [6, 6.07) is 22.9. The smallest absolute Gasteiger partial charge is 0.133 e. The third-order valence-corrected chi connectivity index (χ3v) is 5.89. The summed E-state index contributed by atoms with van der Waals surface area (Å²) in [5, 5.41) is 5.76. The van der Waals surface area contributed by atoms with Crippen LogP contribution in [-0.2, 0) is 9.84 Å². The number of rotatable bonds is 7. The highest BCUT2D eigenvalue weighted by Crippen LogP contribution is 2.24. The van der Waals surface area contributed by atoms with E-state index in [2.05, 4.69) is 43.1 Å². The molecule has 26 heavy (non-hydrogen) atoms. The molecule has 3 aromatic rings. The second-order valence-corrected chi connectivity index (χ2v) is 8.10. The summed E-state index contributed by atoms with van der Waals surface area (Å²) in [5.41, 5.74) is 1.71. The summed E-state index contributed by atoms with van der Waals surface area (Å²) < 4.78 is 24.8. The van der Waals surface area contributed by atoms with Gasteiger partial charge in [0.05, 0.1) is 4.90 Å². The third-order valence-electron chi connectivity index (χ3n) is 4.32. The van der Waals surface area contributed by atoms with Gasteiger partial charge in [-0.1, -0.05) is 60.7 Å². The molecule has 0 saturated heterocycles. The molecule has 0 aliphatic heterocycles. The molecule has 0 aliphatic carbocycles. The Kier molecular flexibility index (Phi) is 5.45. The van der Waals surface area contributed by atoms with Gasteiger partial charge in [-0.15, -0.1) is 5.75 Å². The van der Waals surface area contributed by atoms with Crippen LogP contribution in [0.1, 0.15) is 18.5 Å². The van der Waals surface area contributed by atoms with Gasteiger partial charge in [0.2, 0.25) is 0 Å². The van der Waals surface area contributed by atoms with E-state index < -0.39 is 9.84 Å². The fourth-order valence-corrected chi connectivity index (χ4v) is 4.16. The number of hydrogen-bond donors (Lipinski definition) is 1. The van der Waals surface area contributed by atoms with Gasteiger partial charge < -0.3 is 5.32 Å². The maximum Gasteiger partial charge on any atom is 0.133 e. The minimum atomic E-state index is -3.47. The molecule has 3 rings (SSSR count). The van der Waals surface area contributed by atoms with Crippen molar-refractivity contribution in [3.63, 3.8) is 0 Å². The maximum atomic E-state index is 12.4. The quantitative estimate of drug-likeness (QED) is 0.619. The third kappa shape index (κ3) is 4.15. The highest BCUT2D eigenvalue weighted by atomic mass is 32.2. The lowest BCUT2D eigenvalue weighted by Crippen LogP contribution is -2.22. The lowest BCUT2D eigenvalue weighted by molar-refractivity contribution is 0.597. The lowest BCUT2D eigenvalue weighted by atomic mass is 9.99. The van der Waals surface area contributed by atoms with E-state index in [4.69, 9.17) is 0 Å². The molecule has 0 radical (unpaired) electrons. The first-order chi connectivity index (χ1) is 12.5. The standard InChI is InChI=1S/C22H22NO2S/c1-17(16-26(24,25)20-11-4-3-5-12-20)15-23-18(2)21-14-8-10-19-9-6-7-13-22(19)21/h3-14,16,18,23H,1,15H2,2H3/q-1/t18-/m0/s1. The summed E-state index contributed by atoms with van der Waals surface area (Å²) >= 11 is 0. The van der Waals surface area contributed by atoms with E-state index in [0.29, 0.717) is 12.1 Å². The van der Waals surface area contributed by atoms with Crippen molar-refractivity contribution in [1.82, 2.24) is 5.32 Å². The fourth-order valence-electron chi connectivity index (χ4n) is 2.96. The van der Waals surface area contributed by atoms with Crippen molar-refractivity contribution in [3.05, 3.63) is 96.3 Å². The van der Waals surface area contributed by atoms with E-state index in [1.54, 1.807) is 30.3 Å². The first kappa shape index (κ1) is 18.2. The topological polar surface area (TPSA) is 46.2 Å². The van der Waals surface area contributed by atoms with Crippen LogP contribution in [-0.4, -0.2) is 15.0 Å². The van der Waals surface area contributed by atoms with Crippen molar-refractivity contribution >= 4 is 20.6 Å². The number of hydrogen-bond acceptors (Lipinski definition) is 3. The van der Waals surface area contributed by atoms with Gasteiger partial charge in [-0.3, -0.25) is 0 Å². The van der Waals surface area contributed by atoms with Crippen LogP contribution in [0.15, 0.2) is 89.8 Å². The fraction of sp³-hybridized carbons (Fsp3) is 0.136. The number of fused-ring (bicyclic) bond motifs is 1. The van der Waals surface area contributed by atoms with Crippen molar-refractivity contribution in [2.24, 2.45) is 0 Å². The van der Waals surface area contributed by atoms with E-state index in [0.717, 1.165) is 0 Å². The van der Waals surface area contributed by atoms with Crippen LogP contribution in [0.25, 0.3) is 10.8 Å². The van der Waals surface area contributed by atoms with Gasteiger partial charge in [0, 0.05) is 6.04 Å². The van der Waals surface area contributed by atoms with Crippen LogP contribution in [0, 0.1) is 5.75 Å². The van der Waals surface area contributed by atoms with Crippen molar-refractivity contribution in [1.29, 1.82) is 0 Å². The molecule has 1 N–H and O–H groups in total. The molecular formula is C22H22NO2S-. The van der Waals surface area contributed by atoms with Crippen LogP contribution in [0.4, 0.5) is 0 Å². The van der Waals surface area contributed by atoms with Gasteiger partial charge in [-0.25, -0.2) is 15.0 Å². The van der Waals surface area contributed by atoms with Crippen LogP contribution in [0.3, 0.4) is 0 Å². The predicted molar refractivity (Wildman–Crippen MR) is 107 cm³/mol. The van der Waals surface area contributed by atoms with Crippen molar-refractivity contribution < 1.29 is 8.42 Å². The Bertz CT molecular complexity index is 1010. The predicted octanol–water partition coefficient (Wildman–Crippen LogP) is 4.68.